The summed E-state index contributed by atoms with van der Waals surface area (Å²) >= 11 is 0. The van der Waals surface area contributed by atoms with Crippen molar-refractivity contribution in [2.75, 3.05) is 61.3 Å². The normalized spacial score (nSPS) is 25.4. The van der Waals surface area contributed by atoms with Crippen LogP contribution in [-0.4, -0.2) is 89.2 Å². The molecule has 8 rings (SSSR count). The fourth-order valence-corrected chi connectivity index (χ4v) is 8.82. The van der Waals surface area contributed by atoms with Gasteiger partial charge in [-0.1, -0.05) is 12.1 Å². The van der Waals surface area contributed by atoms with Crippen LogP contribution in [-0.2, 0) is 0 Å². The summed E-state index contributed by atoms with van der Waals surface area (Å²) in [6.45, 7) is 7.87. The summed E-state index contributed by atoms with van der Waals surface area (Å²) in [7, 11) is 0. The van der Waals surface area contributed by atoms with Crippen molar-refractivity contribution < 1.29 is 9.84 Å². The van der Waals surface area contributed by atoms with Crippen LogP contribution in [0.5, 0.6) is 11.6 Å². The third-order valence-corrected chi connectivity index (χ3v) is 11.3. The van der Waals surface area contributed by atoms with E-state index in [4.69, 9.17) is 10.5 Å². The number of pyridine rings is 1. The van der Waals surface area contributed by atoms with E-state index in [1.54, 1.807) is 12.1 Å². The smallest absolute Gasteiger partial charge is 0.215 e. The molecule has 10 nitrogen and oxygen atoms in total. The highest BCUT2D eigenvalue weighted by Gasteiger charge is 2.47. The molecular formula is C35H46N8O2. The Bertz CT molecular complexity index is 1480. The van der Waals surface area contributed by atoms with Crippen LogP contribution in [0.15, 0.2) is 48.7 Å². The minimum atomic E-state index is 0.188. The number of piperidine rings is 2. The summed E-state index contributed by atoms with van der Waals surface area (Å²) in [5.74, 6) is 2.25. The molecule has 2 aromatic heterocycles. The van der Waals surface area contributed by atoms with Crippen LogP contribution in [0, 0.1) is 11.3 Å². The number of fused-ring (bicyclic) bond motifs is 2. The van der Waals surface area contributed by atoms with E-state index < -0.39 is 0 Å². The molecule has 2 bridgehead atoms. The largest absolute Gasteiger partial charge is 0.507 e. The molecule has 0 amide bonds. The maximum absolute atomic E-state index is 10.4. The zero-order chi connectivity index (χ0) is 30.4. The molecule has 1 aliphatic carbocycles. The minimum absolute atomic E-state index is 0.188. The monoisotopic (exact) mass is 610 g/mol. The molecule has 2 unspecified atom stereocenters. The summed E-state index contributed by atoms with van der Waals surface area (Å²) in [6.07, 6.45) is 12.1. The zero-order valence-electron chi connectivity index (χ0n) is 26.2. The number of likely N-dealkylation sites (tertiary alicyclic amines) is 1. The van der Waals surface area contributed by atoms with Gasteiger partial charge in [0.2, 0.25) is 5.88 Å². The van der Waals surface area contributed by atoms with Crippen LogP contribution in [0.4, 0.5) is 17.2 Å². The van der Waals surface area contributed by atoms with Crippen molar-refractivity contribution in [1.82, 2.24) is 25.4 Å². The van der Waals surface area contributed by atoms with Gasteiger partial charge in [-0.3, -0.25) is 0 Å². The highest BCUT2D eigenvalue weighted by Crippen LogP contribution is 2.50. The number of phenolic OH excluding ortho intramolecular Hbond substituents is 1. The van der Waals surface area contributed by atoms with E-state index in [2.05, 4.69) is 47.3 Å². The SMILES string of the molecule is Nc1nnc(-c2ccccc2O)cc1N1CC2CCC(C1)N2c1ccnc(OC2CC3(CCN(CC4CCNCC4)CC3)C2)c1. The van der Waals surface area contributed by atoms with Crippen molar-refractivity contribution >= 4 is 17.2 Å². The number of rotatable bonds is 7. The van der Waals surface area contributed by atoms with Crippen LogP contribution in [0.3, 0.4) is 0 Å². The molecular weight excluding hydrogens is 564 g/mol. The molecule has 1 aromatic carbocycles. The number of nitrogens with one attached hydrogen (secondary N) is 1. The Morgan fingerprint density at radius 2 is 1.71 bits per heavy atom. The van der Waals surface area contributed by atoms with Gasteiger partial charge < -0.3 is 35.6 Å². The molecule has 238 valence electrons. The van der Waals surface area contributed by atoms with Gasteiger partial charge in [0.25, 0.3) is 0 Å². The van der Waals surface area contributed by atoms with E-state index in [1.165, 1.54) is 64.1 Å². The summed E-state index contributed by atoms with van der Waals surface area (Å²) in [5, 5.41) is 22.4. The van der Waals surface area contributed by atoms with Crippen molar-refractivity contribution in [2.24, 2.45) is 11.3 Å². The minimum Gasteiger partial charge on any atom is -0.507 e. The molecule has 4 aliphatic heterocycles. The number of aromatic nitrogens is 3. The quantitative estimate of drug-likeness (QED) is 0.358. The number of anilines is 3. The predicted molar refractivity (Wildman–Crippen MR) is 177 cm³/mol. The lowest BCUT2D eigenvalue weighted by Crippen LogP contribution is -2.54. The standard InChI is InChI=1S/C35H46N8O2/c36-34-31(18-30(39-40-34)29-3-1-2-4-32(29)44)42-22-26-5-6-27(23-42)43(26)25-9-14-38-33(17-25)45-28-19-35(20-28)10-15-41(16-11-35)21-24-7-12-37-13-8-24/h1-4,9,14,17-18,24,26-28,37,44H,5-8,10-13,15-16,19-23H2,(H2,36,40). The van der Waals surface area contributed by atoms with Crippen LogP contribution in [0.1, 0.15) is 51.4 Å². The van der Waals surface area contributed by atoms with E-state index in [0.717, 1.165) is 56.3 Å². The van der Waals surface area contributed by atoms with Gasteiger partial charge in [-0.15, -0.1) is 10.2 Å². The molecule has 5 aliphatic rings. The Morgan fingerprint density at radius 3 is 2.47 bits per heavy atom. The molecule has 4 N–H and O–H groups in total. The van der Waals surface area contributed by atoms with Crippen molar-refractivity contribution in [2.45, 2.75) is 69.6 Å². The van der Waals surface area contributed by atoms with Crippen molar-refractivity contribution in [1.29, 1.82) is 0 Å². The Balaban J connectivity index is 0.882. The van der Waals surface area contributed by atoms with Crippen molar-refractivity contribution in [3.63, 3.8) is 0 Å². The third kappa shape index (κ3) is 5.78. The number of nitrogen functional groups attached to an aromatic ring is 1. The third-order valence-electron chi connectivity index (χ3n) is 11.3. The van der Waals surface area contributed by atoms with E-state index in [9.17, 15) is 5.11 Å². The van der Waals surface area contributed by atoms with Crippen LogP contribution >= 0.6 is 0 Å². The summed E-state index contributed by atoms with van der Waals surface area (Å²) < 4.78 is 6.50. The van der Waals surface area contributed by atoms with Gasteiger partial charge >= 0.3 is 0 Å². The fraction of sp³-hybridized carbons (Fsp3) is 0.571. The first-order chi connectivity index (χ1) is 22.0. The van der Waals surface area contributed by atoms with Gasteiger partial charge in [0, 0.05) is 55.2 Å². The van der Waals surface area contributed by atoms with Crippen LogP contribution in [0.25, 0.3) is 11.3 Å². The molecule has 6 heterocycles. The lowest BCUT2D eigenvalue weighted by atomic mass is 9.61. The highest BCUT2D eigenvalue weighted by molar-refractivity contribution is 5.74. The Morgan fingerprint density at radius 1 is 0.956 bits per heavy atom. The van der Waals surface area contributed by atoms with Crippen LogP contribution in [0.2, 0.25) is 0 Å². The maximum Gasteiger partial charge on any atom is 0.215 e. The summed E-state index contributed by atoms with van der Waals surface area (Å²) in [5.41, 5.74) is 10.2. The fourth-order valence-electron chi connectivity index (χ4n) is 8.82. The number of aromatic hydroxyl groups is 1. The first-order valence-corrected chi connectivity index (χ1v) is 17.0. The Labute approximate surface area is 266 Å². The number of nitrogens with zero attached hydrogens (tertiary/aromatic N) is 6. The lowest BCUT2D eigenvalue weighted by molar-refractivity contribution is -0.0589. The molecule has 1 saturated carbocycles. The molecule has 0 radical (unpaired) electrons. The van der Waals surface area contributed by atoms with Crippen molar-refractivity contribution in [3.8, 4) is 22.9 Å². The number of para-hydroxylation sites is 1. The Kier molecular flexibility index (Phi) is 7.65. The zero-order valence-corrected chi connectivity index (χ0v) is 26.2. The van der Waals surface area contributed by atoms with Gasteiger partial charge in [-0.05, 0) is 113 Å². The topological polar surface area (TPSA) is 116 Å². The van der Waals surface area contributed by atoms with E-state index in [-0.39, 0.29) is 11.9 Å². The predicted octanol–water partition coefficient (Wildman–Crippen LogP) is 4.31. The number of piperazine rings is 1. The van der Waals surface area contributed by atoms with Crippen molar-refractivity contribution in [3.05, 3.63) is 48.7 Å². The number of hydrogen-bond acceptors (Lipinski definition) is 10. The number of hydrogen-bond donors (Lipinski definition) is 3. The first-order valence-electron chi connectivity index (χ1n) is 17.0. The number of ether oxygens (including phenoxy) is 1. The maximum atomic E-state index is 10.4. The second kappa shape index (κ2) is 11.9. The van der Waals surface area contributed by atoms with Crippen LogP contribution < -0.4 is 25.6 Å². The molecule has 10 heteroatoms. The average Bonchev–Trinajstić information content (AvgIpc) is 3.31. The Hall–Kier alpha value is -3.63. The van der Waals surface area contributed by atoms with E-state index in [1.807, 2.05) is 24.4 Å². The molecule has 2 atom stereocenters. The lowest BCUT2D eigenvalue weighted by Gasteiger charge is -2.52. The number of benzene rings is 1. The molecule has 1 spiro atoms. The van der Waals surface area contributed by atoms with Gasteiger partial charge in [0.1, 0.15) is 11.9 Å². The average molecular weight is 611 g/mol. The summed E-state index contributed by atoms with van der Waals surface area (Å²) in [6, 6.07) is 14.2. The first kappa shape index (κ1) is 28.8. The van der Waals surface area contributed by atoms with E-state index in [0.29, 0.717) is 34.6 Å². The number of nitrogens with two attached hydrogens (primary N) is 1. The second-order valence-electron chi connectivity index (χ2n) is 14.2. The second-order valence-corrected chi connectivity index (χ2v) is 14.2. The van der Waals surface area contributed by atoms with Gasteiger partial charge in [-0.2, -0.15) is 0 Å². The summed E-state index contributed by atoms with van der Waals surface area (Å²) in [4.78, 5) is 12.3. The molecule has 3 aromatic rings. The molecule has 45 heavy (non-hydrogen) atoms. The van der Waals surface area contributed by atoms with Gasteiger partial charge in [0.15, 0.2) is 5.82 Å². The number of phenols is 1. The van der Waals surface area contributed by atoms with Gasteiger partial charge in [-0.25, -0.2) is 4.98 Å². The molecule has 5 fully saturated rings. The van der Waals surface area contributed by atoms with Gasteiger partial charge in [0.05, 0.1) is 11.4 Å². The molecule has 4 saturated heterocycles. The highest BCUT2D eigenvalue weighted by atomic mass is 16.5. The van der Waals surface area contributed by atoms with E-state index >= 15 is 0 Å².